The fraction of sp³-hybridized carbons (Fsp3) is 0.455. The van der Waals surface area contributed by atoms with E-state index in [1.165, 1.54) is 18.4 Å². The summed E-state index contributed by atoms with van der Waals surface area (Å²) >= 11 is 3.49. The third kappa shape index (κ3) is 1.93. The van der Waals surface area contributed by atoms with Crippen LogP contribution in [0.25, 0.3) is 0 Å². The van der Waals surface area contributed by atoms with Gasteiger partial charge < -0.3 is 10.1 Å². The van der Waals surface area contributed by atoms with Crippen LogP contribution in [-0.4, -0.2) is 13.7 Å². The van der Waals surface area contributed by atoms with Crippen molar-refractivity contribution in [3.63, 3.8) is 0 Å². The molecular formula is C11H14BrNO. The van der Waals surface area contributed by atoms with Crippen LogP contribution in [0.15, 0.2) is 22.7 Å². The maximum absolute atomic E-state index is 5.35. The monoisotopic (exact) mass is 255 g/mol. The Hall–Kier alpha value is -0.540. The lowest BCUT2D eigenvalue weighted by Crippen LogP contribution is -2.13. The Bertz CT molecular complexity index is 321. The molecule has 0 unspecified atom stereocenters. The van der Waals surface area contributed by atoms with Gasteiger partial charge in [-0.2, -0.15) is 0 Å². The van der Waals surface area contributed by atoms with E-state index in [2.05, 4.69) is 27.3 Å². The first kappa shape index (κ1) is 9.99. The van der Waals surface area contributed by atoms with Gasteiger partial charge in [-0.05, 0) is 37.6 Å². The van der Waals surface area contributed by atoms with Crippen LogP contribution in [0.5, 0.6) is 5.75 Å². The first-order valence-corrected chi connectivity index (χ1v) is 5.67. The van der Waals surface area contributed by atoms with Crippen LogP contribution in [0.4, 0.5) is 0 Å². The van der Waals surface area contributed by atoms with Gasteiger partial charge in [-0.15, -0.1) is 0 Å². The van der Waals surface area contributed by atoms with Gasteiger partial charge in [0.15, 0.2) is 0 Å². The minimum absolute atomic E-state index is 0.461. The van der Waals surface area contributed by atoms with Crippen molar-refractivity contribution in [3.05, 3.63) is 28.2 Å². The molecule has 0 radical (unpaired) electrons. The van der Waals surface area contributed by atoms with E-state index in [0.29, 0.717) is 6.04 Å². The lowest BCUT2D eigenvalue weighted by Gasteiger charge is -2.15. The Kier molecular flexibility index (Phi) is 3.08. The molecule has 0 aliphatic carbocycles. The van der Waals surface area contributed by atoms with Gasteiger partial charge >= 0.3 is 0 Å². The van der Waals surface area contributed by atoms with E-state index in [-0.39, 0.29) is 0 Å². The van der Waals surface area contributed by atoms with Crippen molar-refractivity contribution in [3.8, 4) is 5.75 Å². The number of nitrogens with one attached hydrogen (secondary N) is 1. The molecule has 1 aliphatic heterocycles. The number of halogens is 1. The predicted molar refractivity (Wildman–Crippen MR) is 60.7 cm³/mol. The van der Waals surface area contributed by atoms with E-state index in [4.69, 9.17) is 4.74 Å². The number of ether oxygens (including phenoxy) is 1. The Morgan fingerprint density at radius 3 is 3.00 bits per heavy atom. The minimum Gasteiger partial charge on any atom is -0.496 e. The van der Waals surface area contributed by atoms with Gasteiger partial charge in [0.05, 0.1) is 7.11 Å². The summed E-state index contributed by atoms with van der Waals surface area (Å²) in [5, 5.41) is 3.47. The molecule has 0 bridgehead atoms. The van der Waals surface area contributed by atoms with Crippen LogP contribution in [-0.2, 0) is 0 Å². The fourth-order valence-corrected chi connectivity index (χ4v) is 2.31. The highest BCUT2D eigenvalue weighted by atomic mass is 79.9. The predicted octanol–water partition coefficient (Wildman–Crippen LogP) is 2.88. The first-order chi connectivity index (χ1) is 6.81. The maximum atomic E-state index is 5.35. The number of methoxy groups -OCH3 is 1. The molecule has 1 fully saturated rings. The van der Waals surface area contributed by atoms with Crippen LogP contribution in [0.3, 0.4) is 0 Å². The lowest BCUT2D eigenvalue weighted by atomic mass is 10.0. The number of benzene rings is 1. The van der Waals surface area contributed by atoms with Crippen LogP contribution in [0.2, 0.25) is 0 Å². The topological polar surface area (TPSA) is 21.3 Å². The molecule has 1 heterocycles. The second-order valence-corrected chi connectivity index (χ2v) is 4.45. The molecule has 1 aromatic carbocycles. The Morgan fingerprint density at radius 1 is 1.50 bits per heavy atom. The van der Waals surface area contributed by atoms with E-state index < -0.39 is 0 Å². The number of hydrogen-bond acceptors (Lipinski definition) is 2. The SMILES string of the molecule is COc1ccc(Br)cc1[C@@H]1CCCN1. The van der Waals surface area contributed by atoms with Crippen molar-refractivity contribution in [2.75, 3.05) is 13.7 Å². The highest BCUT2D eigenvalue weighted by Gasteiger charge is 2.19. The zero-order chi connectivity index (χ0) is 9.97. The van der Waals surface area contributed by atoms with Gasteiger partial charge in [0.2, 0.25) is 0 Å². The normalized spacial score (nSPS) is 21.1. The zero-order valence-corrected chi connectivity index (χ0v) is 9.80. The van der Waals surface area contributed by atoms with Crippen LogP contribution < -0.4 is 10.1 Å². The minimum atomic E-state index is 0.461. The highest BCUT2D eigenvalue weighted by Crippen LogP contribution is 2.32. The van der Waals surface area contributed by atoms with E-state index in [1.807, 2.05) is 12.1 Å². The smallest absolute Gasteiger partial charge is 0.123 e. The summed E-state index contributed by atoms with van der Waals surface area (Å²) in [7, 11) is 1.72. The fourth-order valence-electron chi connectivity index (χ4n) is 1.93. The summed E-state index contributed by atoms with van der Waals surface area (Å²) in [5.41, 5.74) is 1.26. The van der Waals surface area contributed by atoms with Gasteiger partial charge in [-0.3, -0.25) is 0 Å². The van der Waals surface area contributed by atoms with Crippen LogP contribution in [0.1, 0.15) is 24.4 Å². The van der Waals surface area contributed by atoms with Gasteiger partial charge in [0.1, 0.15) is 5.75 Å². The van der Waals surface area contributed by atoms with Crippen molar-refractivity contribution >= 4 is 15.9 Å². The van der Waals surface area contributed by atoms with Crippen LogP contribution in [0, 0.1) is 0 Å². The Morgan fingerprint density at radius 2 is 2.36 bits per heavy atom. The maximum Gasteiger partial charge on any atom is 0.123 e. The molecule has 1 atom stereocenters. The highest BCUT2D eigenvalue weighted by molar-refractivity contribution is 9.10. The third-order valence-electron chi connectivity index (χ3n) is 2.63. The molecule has 1 aliphatic rings. The molecule has 0 spiro atoms. The summed E-state index contributed by atoms with van der Waals surface area (Å²) in [4.78, 5) is 0. The van der Waals surface area contributed by atoms with Gasteiger partial charge in [-0.1, -0.05) is 15.9 Å². The molecular weight excluding hydrogens is 242 g/mol. The molecule has 2 rings (SSSR count). The first-order valence-electron chi connectivity index (χ1n) is 4.88. The van der Waals surface area contributed by atoms with E-state index >= 15 is 0 Å². The van der Waals surface area contributed by atoms with Crippen molar-refractivity contribution in [1.29, 1.82) is 0 Å². The van der Waals surface area contributed by atoms with Gasteiger partial charge in [-0.25, -0.2) is 0 Å². The summed E-state index contributed by atoms with van der Waals surface area (Å²) < 4.78 is 6.46. The van der Waals surface area contributed by atoms with Crippen molar-refractivity contribution in [1.82, 2.24) is 5.32 Å². The van der Waals surface area contributed by atoms with E-state index in [0.717, 1.165) is 16.8 Å². The second-order valence-electron chi connectivity index (χ2n) is 3.54. The molecule has 3 heteroatoms. The molecule has 1 aromatic rings. The van der Waals surface area contributed by atoms with Crippen molar-refractivity contribution < 1.29 is 4.74 Å². The Balaban J connectivity index is 2.33. The van der Waals surface area contributed by atoms with Crippen molar-refractivity contribution in [2.45, 2.75) is 18.9 Å². The second kappa shape index (κ2) is 4.32. The average molecular weight is 256 g/mol. The summed E-state index contributed by atoms with van der Waals surface area (Å²) in [6, 6.07) is 6.63. The van der Waals surface area contributed by atoms with E-state index in [1.54, 1.807) is 7.11 Å². The standard InChI is InChI=1S/C11H14BrNO/c1-14-11-5-4-8(12)7-9(11)10-3-2-6-13-10/h4-5,7,10,13H,2-3,6H2,1H3/t10-/m0/s1. The quantitative estimate of drug-likeness (QED) is 0.878. The third-order valence-corrected chi connectivity index (χ3v) is 3.12. The lowest BCUT2D eigenvalue weighted by molar-refractivity contribution is 0.403. The molecule has 0 aromatic heterocycles. The Labute approximate surface area is 92.8 Å². The number of hydrogen-bond donors (Lipinski definition) is 1. The largest absolute Gasteiger partial charge is 0.496 e. The summed E-state index contributed by atoms with van der Waals surface area (Å²) in [6.45, 7) is 1.11. The molecule has 14 heavy (non-hydrogen) atoms. The van der Waals surface area contributed by atoms with Gasteiger partial charge in [0, 0.05) is 16.1 Å². The average Bonchev–Trinajstić information content (AvgIpc) is 2.70. The van der Waals surface area contributed by atoms with E-state index in [9.17, 15) is 0 Å². The molecule has 1 N–H and O–H groups in total. The van der Waals surface area contributed by atoms with Crippen molar-refractivity contribution in [2.24, 2.45) is 0 Å². The van der Waals surface area contributed by atoms with Crippen LogP contribution >= 0.6 is 15.9 Å². The molecule has 1 saturated heterocycles. The summed E-state index contributed by atoms with van der Waals surface area (Å²) in [6.07, 6.45) is 2.45. The molecule has 0 saturated carbocycles. The molecule has 2 nitrogen and oxygen atoms in total. The zero-order valence-electron chi connectivity index (χ0n) is 8.22. The number of rotatable bonds is 2. The molecule has 76 valence electrons. The molecule has 0 amide bonds. The summed E-state index contributed by atoms with van der Waals surface area (Å²) in [5.74, 6) is 0.979. The van der Waals surface area contributed by atoms with Gasteiger partial charge in [0.25, 0.3) is 0 Å².